The van der Waals surface area contributed by atoms with Gasteiger partial charge in [0.05, 0.1) is 18.8 Å². The Kier molecular flexibility index (Phi) is 8.34. The van der Waals surface area contributed by atoms with Crippen molar-refractivity contribution in [3.05, 3.63) is 35.2 Å². The minimum atomic E-state index is -4.73. The van der Waals surface area contributed by atoms with Gasteiger partial charge in [-0.2, -0.15) is 0 Å². The topological polar surface area (TPSA) is 214 Å². The van der Waals surface area contributed by atoms with E-state index in [1.807, 2.05) is 0 Å². The molecule has 0 bridgehead atoms. The van der Waals surface area contributed by atoms with E-state index in [1.165, 1.54) is 25.3 Å². The molecule has 1 aromatic rings. The van der Waals surface area contributed by atoms with Crippen LogP contribution in [-0.2, 0) is 27.0 Å². The molecular formula is C14H22N5O7P. The molecule has 150 valence electrons. The molecule has 1 heterocycles. The van der Waals surface area contributed by atoms with Crippen LogP contribution in [0.15, 0.2) is 23.3 Å². The summed E-state index contributed by atoms with van der Waals surface area (Å²) in [6.07, 6.45) is 4.05. The maximum atomic E-state index is 11.3. The first kappa shape index (κ1) is 22.5. The molecule has 0 aliphatic heterocycles. The number of aliphatic imine (C=N–C) groups is 1. The first-order valence-electron chi connectivity index (χ1n) is 7.56. The third-order valence-corrected chi connectivity index (χ3v) is 3.76. The lowest BCUT2D eigenvalue weighted by Crippen LogP contribution is -2.34. The van der Waals surface area contributed by atoms with E-state index in [0.717, 1.165) is 0 Å². The molecule has 9 N–H and O–H groups in total. The zero-order valence-corrected chi connectivity index (χ0v) is 15.3. The van der Waals surface area contributed by atoms with Crippen molar-refractivity contribution < 1.29 is 33.9 Å². The molecule has 1 atom stereocenters. The highest BCUT2D eigenvalue weighted by molar-refractivity contribution is 7.46. The molecule has 0 saturated carbocycles. The molecule has 1 unspecified atom stereocenters. The van der Waals surface area contributed by atoms with Gasteiger partial charge in [0.15, 0.2) is 5.96 Å². The van der Waals surface area contributed by atoms with E-state index in [4.69, 9.17) is 21.3 Å². The minimum absolute atomic E-state index is 0.0920. The van der Waals surface area contributed by atoms with Gasteiger partial charge in [-0.25, -0.2) is 9.56 Å². The summed E-state index contributed by atoms with van der Waals surface area (Å²) in [5, 5.41) is 22.1. The third kappa shape index (κ3) is 8.15. The van der Waals surface area contributed by atoms with Crippen LogP contribution in [0.25, 0.3) is 0 Å². The quantitative estimate of drug-likeness (QED) is 0.110. The summed E-state index contributed by atoms with van der Waals surface area (Å²) < 4.78 is 15.3. The van der Waals surface area contributed by atoms with Crippen molar-refractivity contribution in [3.63, 3.8) is 0 Å². The van der Waals surface area contributed by atoms with Gasteiger partial charge in [0.25, 0.3) is 0 Å². The van der Waals surface area contributed by atoms with E-state index in [0.29, 0.717) is 0 Å². The molecule has 0 aliphatic carbocycles. The third-order valence-electron chi connectivity index (χ3n) is 3.29. The molecule has 0 radical (unpaired) electrons. The van der Waals surface area contributed by atoms with Gasteiger partial charge in [0.1, 0.15) is 11.8 Å². The SMILES string of the molecule is Cc1ncc(COP(=O)(O)O)c(CNC(/C=C/CN=C(N)N)C(=O)O)c1O. The average Bonchev–Trinajstić information content (AvgIpc) is 2.55. The molecule has 0 spiro atoms. The summed E-state index contributed by atoms with van der Waals surface area (Å²) in [5.41, 5.74) is 11.0. The number of nitrogens with two attached hydrogens (primary N) is 2. The molecule has 0 fully saturated rings. The number of carboxylic acids is 1. The van der Waals surface area contributed by atoms with E-state index >= 15 is 0 Å². The number of carboxylic acid groups (broad SMARTS) is 1. The van der Waals surface area contributed by atoms with Crippen LogP contribution in [0.2, 0.25) is 0 Å². The van der Waals surface area contributed by atoms with Crippen molar-refractivity contribution in [2.24, 2.45) is 16.5 Å². The minimum Gasteiger partial charge on any atom is -0.506 e. The molecule has 12 nitrogen and oxygen atoms in total. The number of phosphoric acid groups is 1. The summed E-state index contributed by atoms with van der Waals surface area (Å²) in [4.78, 5) is 36.6. The summed E-state index contributed by atoms with van der Waals surface area (Å²) in [5.74, 6) is -1.55. The molecule has 13 heteroatoms. The van der Waals surface area contributed by atoms with Gasteiger partial charge in [0.2, 0.25) is 0 Å². The van der Waals surface area contributed by atoms with Crippen LogP contribution >= 0.6 is 7.82 Å². The molecule has 0 aliphatic rings. The Morgan fingerprint density at radius 2 is 2.15 bits per heavy atom. The van der Waals surface area contributed by atoms with Crippen molar-refractivity contribution >= 4 is 19.8 Å². The van der Waals surface area contributed by atoms with E-state index in [2.05, 4.69) is 19.8 Å². The smallest absolute Gasteiger partial charge is 0.469 e. The monoisotopic (exact) mass is 403 g/mol. The first-order chi connectivity index (χ1) is 12.5. The van der Waals surface area contributed by atoms with Crippen molar-refractivity contribution in [2.45, 2.75) is 26.1 Å². The Labute approximate surface area is 154 Å². The summed E-state index contributed by atoms with van der Waals surface area (Å²) in [6.45, 7) is 0.976. The molecular weight excluding hydrogens is 381 g/mol. The number of nitrogens with zero attached hydrogens (tertiary/aromatic N) is 2. The Morgan fingerprint density at radius 1 is 1.48 bits per heavy atom. The number of rotatable bonds is 10. The zero-order chi connectivity index (χ0) is 20.6. The second-order valence-corrected chi connectivity index (χ2v) is 6.59. The average molecular weight is 403 g/mol. The molecule has 27 heavy (non-hydrogen) atoms. The van der Waals surface area contributed by atoms with E-state index in [-0.39, 0.29) is 41.6 Å². The Bertz CT molecular complexity index is 773. The number of aromatic nitrogens is 1. The molecule has 0 amide bonds. The van der Waals surface area contributed by atoms with Gasteiger partial charge in [-0.3, -0.25) is 19.6 Å². The predicted octanol–water partition coefficient (Wildman–Crippen LogP) is -0.923. The van der Waals surface area contributed by atoms with Crippen molar-refractivity contribution in [1.82, 2.24) is 10.3 Å². The van der Waals surface area contributed by atoms with E-state index < -0.39 is 26.4 Å². The van der Waals surface area contributed by atoms with Crippen LogP contribution < -0.4 is 16.8 Å². The number of phosphoric ester groups is 1. The lowest BCUT2D eigenvalue weighted by molar-refractivity contribution is -0.138. The maximum absolute atomic E-state index is 11.3. The maximum Gasteiger partial charge on any atom is 0.469 e. The fourth-order valence-corrected chi connectivity index (χ4v) is 2.27. The highest BCUT2D eigenvalue weighted by atomic mass is 31.2. The van der Waals surface area contributed by atoms with Gasteiger partial charge in [0, 0.05) is 23.9 Å². The van der Waals surface area contributed by atoms with E-state index in [1.54, 1.807) is 0 Å². The highest BCUT2D eigenvalue weighted by Crippen LogP contribution is 2.38. The van der Waals surface area contributed by atoms with Crippen LogP contribution in [0.4, 0.5) is 0 Å². The van der Waals surface area contributed by atoms with E-state index in [9.17, 15) is 19.6 Å². The van der Waals surface area contributed by atoms with Crippen molar-refractivity contribution in [2.75, 3.05) is 6.54 Å². The summed E-state index contributed by atoms with van der Waals surface area (Å²) in [6, 6.07) is -1.12. The fraction of sp³-hybridized carbons (Fsp3) is 0.357. The second-order valence-electron chi connectivity index (χ2n) is 5.35. The number of aliphatic carboxylic acids is 1. The summed E-state index contributed by atoms with van der Waals surface area (Å²) in [7, 11) is -4.73. The number of pyridine rings is 1. The number of nitrogens with one attached hydrogen (secondary N) is 1. The number of guanidine groups is 1. The zero-order valence-electron chi connectivity index (χ0n) is 14.4. The number of hydrogen-bond donors (Lipinski definition) is 7. The first-order valence-corrected chi connectivity index (χ1v) is 9.09. The van der Waals surface area contributed by atoms with Gasteiger partial charge < -0.3 is 31.5 Å². The van der Waals surface area contributed by atoms with Gasteiger partial charge in [-0.05, 0) is 6.92 Å². The number of carbonyl (C=O) groups is 1. The van der Waals surface area contributed by atoms with Crippen molar-refractivity contribution in [1.29, 1.82) is 0 Å². The number of aryl methyl sites for hydroxylation is 1. The Hall–Kier alpha value is -2.50. The standard InChI is InChI=1S/C14H22N5O7P/c1-8-12(20)10(9(5-18-8)7-26-27(23,24)25)6-19-11(13(21)22)3-2-4-17-14(15)16/h2-3,5,11,19-20H,4,6-7H2,1H3,(H,21,22)(H4,15,16,17)(H2,23,24,25)/b3-2+. The fourth-order valence-electron chi connectivity index (χ4n) is 1.96. The van der Waals surface area contributed by atoms with Crippen LogP contribution in [0.5, 0.6) is 5.75 Å². The number of hydrogen-bond acceptors (Lipinski definition) is 7. The predicted molar refractivity (Wildman–Crippen MR) is 95.6 cm³/mol. The van der Waals surface area contributed by atoms with Crippen LogP contribution in [0, 0.1) is 6.92 Å². The molecule has 1 rings (SSSR count). The van der Waals surface area contributed by atoms with Gasteiger partial charge in [-0.1, -0.05) is 12.2 Å². The van der Waals surface area contributed by atoms with Crippen molar-refractivity contribution in [3.8, 4) is 5.75 Å². The normalized spacial score (nSPS) is 12.9. The lowest BCUT2D eigenvalue weighted by Gasteiger charge is -2.16. The Morgan fingerprint density at radius 3 is 2.70 bits per heavy atom. The largest absolute Gasteiger partial charge is 0.506 e. The van der Waals surface area contributed by atoms with Gasteiger partial charge in [-0.15, -0.1) is 0 Å². The highest BCUT2D eigenvalue weighted by Gasteiger charge is 2.20. The molecule has 1 aromatic heterocycles. The second kappa shape index (κ2) is 10.00. The number of aromatic hydroxyl groups is 1. The Balaban J connectivity index is 2.94. The van der Waals surface area contributed by atoms with Crippen LogP contribution in [0.3, 0.4) is 0 Å². The van der Waals surface area contributed by atoms with Gasteiger partial charge >= 0.3 is 13.8 Å². The van der Waals surface area contributed by atoms with Crippen LogP contribution in [0.1, 0.15) is 16.8 Å². The molecule has 0 saturated heterocycles. The molecule has 0 aromatic carbocycles. The summed E-state index contributed by atoms with van der Waals surface area (Å²) >= 11 is 0. The lowest BCUT2D eigenvalue weighted by atomic mass is 10.1. The van der Waals surface area contributed by atoms with Crippen LogP contribution in [-0.4, -0.2) is 49.5 Å².